The van der Waals surface area contributed by atoms with Crippen LogP contribution in [0.25, 0.3) is 6.08 Å². The number of carboxylic acid groups (broad SMARTS) is 1. The number of piperidine rings is 1. The Balaban J connectivity index is 1.85. The van der Waals surface area contributed by atoms with E-state index < -0.39 is 5.97 Å². The van der Waals surface area contributed by atoms with Crippen LogP contribution >= 0.6 is 0 Å². The summed E-state index contributed by atoms with van der Waals surface area (Å²) < 4.78 is 10.1. The first-order valence-electron chi connectivity index (χ1n) is 7.51. The molecule has 0 bridgehead atoms. The number of methoxy groups -OCH3 is 1. The van der Waals surface area contributed by atoms with Gasteiger partial charge in [-0.3, -0.25) is 9.59 Å². The highest BCUT2D eigenvalue weighted by atomic mass is 16.7. The highest BCUT2D eigenvalue weighted by Gasteiger charge is 2.25. The quantitative estimate of drug-likeness (QED) is 0.641. The largest absolute Gasteiger partial charge is 0.481 e. The number of carboxylic acids is 1. The van der Waals surface area contributed by atoms with E-state index in [1.807, 2.05) is 24.3 Å². The number of rotatable bonds is 6. The SMILES string of the molecule is COCOc1ccc(/C=C/C(=O)N2CCC(C(=O)O)CC2)cc1. The molecule has 0 atom stereocenters. The minimum Gasteiger partial charge on any atom is -0.481 e. The number of nitrogens with zero attached hydrogens (tertiary/aromatic N) is 1. The Morgan fingerprint density at radius 1 is 1.26 bits per heavy atom. The van der Waals surface area contributed by atoms with Crippen molar-refractivity contribution in [3.63, 3.8) is 0 Å². The van der Waals surface area contributed by atoms with E-state index >= 15 is 0 Å². The molecule has 1 fully saturated rings. The van der Waals surface area contributed by atoms with E-state index in [1.165, 1.54) is 6.08 Å². The lowest BCUT2D eigenvalue weighted by Gasteiger charge is -2.29. The Hall–Kier alpha value is -2.34. The summed E-state index contributed by atoms with van der Waals surface area (Å²) in [5.41, 5.74) is 0.892. The highest BCUT2D eigenvalue weighted by molar-refractivity contribution is 5.92. The van der Waals surface area contributed by atoms with Crippen molar-refractivity contribution < 1.29 is 24.2 Å². The molecule has 124 valence electrons. The van der Waals surface area contributed by atoms with Crippen LogP contribution in [0.4, 0.5) is 0 Å². The maximum absolute atomic E-state index is 12.1. The van der Waals surface area contributed by atoms with Crippen LogP contribution in [0.15, 0.2) is 30.3 Å². The normalized spacial score (nSPS) is 15.8. The van der Waals surface area contributed by atoms with Gasteiger partial charge in [-0.2, -0.15) is 0 Å². The minimum atomic E-state index is -0.775. The van der Waals surface area contributed by atoms with Crippen molar-refractivity contribution in [1.82, 2.24) is 4.90 Å². The topological polar surface area (TPSA) is 76.1 Å². The van der Waals surface area contributed by atoms with Crippen molar-refractivity contribution in [3.05, 3.63) is 35.9 Å². The molecule has 0 saturated carbocycles. The fourth-order valence-electron chi connectivity index (χ4n) is 2.42. The third kappa shape index (κ3) is 5.10. The molecule has 0 aliphatic carbocycles. The van der Waals surface area contributed by atoms with Crippen LogP contribution in [-0.2, 0) is 14.3 Å². The molecule has 2 rings (SSSR count). The van der Waals surface area contributed by atoms with E-state index in [1.54, 1.807) is 18.1 Å². The van der Waals surface area contributed by atoms with Crippen LogP contribution in [0.5, 0.6) is 5.75 Å². The van der Waals surface area contributed by atoms with Crippen molar-refractivity contribution in [2.45, 2.75) is 12.8 Å². The summed E-state index contributed by atoms with van der Waals surface area (Å²) in [6.45, 7) is 1.17. The molecule has 6 nitrogen and oxygen atoms in total. The number of benzene rings is 1. The van der Waals surface area contributed by atoms with Crippen LogP contribution in [0.1, 0.15) is 18.4 Å². The summed E-state index contributed by atoms with van der Waals surface area (Å²) in [6, 6.07) is 7.32. The predicted molar refractivity (Wildman–Crippen MR) is 84.9 cm³/mol. The zero-order valence-corrected chi connectivity index (χ0v) is 13.1. The lowest BCUT2D eigenvalue weighted by atomic mass is 9.97. The number of likely N-dealkylation sites (tertiary alicyclic amines) is 1. The minimum absolute atomic E-state index is 0.0893. The number of hydrogen-bond donors (Lipinski definition) is 1. The molecule has 0 aromatic heterocycles. The van der Waals surface area contributed by atoms with Crippen molar-refractivity contribution in [2.24, 2.45) is 5.92 Å². The van der Waals surface area contributed by atoms with Crippen LogP contribution in [0.3, 0.4) is 0 Å². The predicted octanol–water partition coefficient (Wildman–Crippen LogP) is 2.01. The summed E-state index contributed by atoms with van der Waals surface area (Å²) in [5, 5.41) is 8.96. The van der Waals surface area contributed by atoms with Crippen molar-refractivity contribution in [1.29, 1.82) is 0 Å². The van der Waals surface area contributed by atoms with Crippen molar-refractivity contribution in [2.75, 3.05) is 27.0 Å². The molecule has 1 N–H and O–H groups in total. The molecule has 23 heavy (non-hydrogen) atoms. The van der Waals surface area contributed by atoms with Crippen molar-refractivity contribution in [3.8, 4) is 5.75 Å². The Morgan fingerprint density at radius 2 is 1.91 bits per heavy atom. The molecule has 6 heteroatoms. The highest BCUT2D eigenvalue weighted by Crippen LogP contribution is 2.18. The number of ether oxygens (including phenoxy) is 2. The van der Waals surface area contributed by atoms with Gasteiger partial charge >= 0.3 is 5.97 Å². The Kier molecular flexibility index (Phi) is 6.17. The summed E-state index contributed by atoms with van der Waals surface area (Å²) in [7, 11) is 1.56. The number of carbonyl (C=O) groups is 2. The zero-order chi connectivity index (χ0) is 16.7. The molecule has 1 heterocycles. The molecule has 0 spiro atoms. The average molecular weight is 319 g/mol. The van der Waals surface area contributed by atoms with Gasteiger partial charge in [0.1, 0.15) is 5.75 Å². The van der Waals surface area contributed by atoms with Gasteiger partial charge < -0.3 is 19.5 Å². The van der Waals surface area contributed by atoms with E-state index in [4.69, 9.17) is 14.6 Å². The van der Waals surface area contributed by atoms with Gasteiger partial charge in [0, 0.05) is 26.3 Å². The molecule has 1 aromatic carbocycles. The maximum Gasteiger partial charge on any atom is 0.306 e. The fraction of sp³-hybridized carbons (Fsp3) is 0.412. The Bertz CT molecular complexity index is 559. The number of carbonyl (C=O) groups excluding carboxylic acids is 1. The summed E-state index contributed by atoms with van der Waals surface area (Å²) in [6.07, 6.45) is 4.29. The summed E-state index contributed by atoms with van der Waals surface area (Å²) >= 11 is 0. The number of amides is 1. The van der Waals surface area contributed by atoms with Crippen LogP contribution in [-0.4, -0.2) is 48.9 Å². The number of hydrogen-bond acceptors (Lipinski definition) is 4. The molecule has 0 radical (unpaired) electrons. The monoisotopic (exact) mass is 319 g/mol. The summed E-state index contributed by atoms with van der Waals surface area (Å²) in [4.78, 5) is 24.7. The van der Waals surface area contributed by atoms with Gasteiger partial charge in [-0.15, -0.1) is 0 Å². The van der Waals surface area contributed by atoms with E-state index in [2.05, 4.69) is 0 Å². The standard InChI is InChI=1S/C17H21NO5/c1-22-12-23-15-5-2-13(3-6-15)4-7-16(19)18-10-8-14(9-11-18)17(20)21/h2-7,14H,8-12H2,1H3,(H,20,21)/b7-4+. The van der Waals surface area contributed by atoms with Crippen LogP contribution < -0.4 is 4.74 Å². The average Bonchev–Trinajstić information content (AvgIpc) is 2.58. The van der Waals surface area contributed by atoms with Crippen LogP contribution in [0, 0.1) is 5.92 Å². The lowest BCUT2D eigenvalue weighted by molar-refractivity contribution is -0.144. The second-order valence-corrected chi connectivity index (χ2v) is 5.39. The Morgan fingerprint density at radius 3 is 2.48 bits per heavy atom. The first-order valence-corrected chi connectivity index (χ1v) is 7.51. The molecule has 1 aromatic rings. The van der Waals surface area contributed by atoms with Gasteiger partial charge in [-0.25, -0.2) is 0 Å². The van der Waals surface area contributed by atoms with Gasteiger partial charge in [0.2, 0.25) is 5.91 Å². The van der Waals surface area contributed by atoms with E-state index in [0.29, 0.717) is 31.7 Å². The maximum atomic E-state index is 12.1. The van der Waals surface area contributed by atoms with Gasteiger partial charge in [0.15, 0.2) is 6.79 Å². The third-order valence-electron chi connectivity index (χ3n) is 3.80. The van der Waals surface area contributed by atoms with Gasteiger partial charge in [-0.1, -0.05) is 12.1 Å². The zero-order valence-electron chi connectivity index (χ0n) is 13.1. The smallest absolute Gasteiger partial charge is 0.306 e. The van der Waals surface area contributed by atoms with Gasteiger partial charge in [-0.05, 0) is 36.6 Å². The van der Waals surface area contributed by atoms with Crippen LogP contribution in [0.2, 0.25) is 0 Å². The first kappa shape index (κ1) is 17.0. The molecule has 0 unspecified atom stereocenters. The molecule has 1 aliphatic heterocycles. The number of aliphatic carboxylic acids is 1. The lowest BCUT2D eigenvalue weighted by Crippen LogP contribution is -2.39. The van der Waals surface area contributed by atoms with E-state index in [9.17, 15) is 9.59 Å². The van der Waals surface area contributed by atoms with Crippen molar-refractivity contribution >= 4 is 18.0 Å². The second kappa shape index (κ2) is 8.33. The van der Waals surface area contributed by atoms with E-state index in [-0.39, 0.29) is 18.6 Å². The van der Waals surface area contributed by atoms with Gasteiger partial charge in [0.25, 0.3) is 0 Å². The Labute approximate surface area is 135 Å². The van der Waals surface area contributed by atoms with E-state index in [0.717, 1.165) is 5.56 Å². The first-order chi connectivity index (χ1) is 11.1. The van der Waals surface area contributed by atoms with Gasteiger partial charge in [0.05, 0.1) is 5.92 Å². The molecular weight excluding hydrogens is 298 g/mol. The second-order valence-electron chi connectivity index (χ2n) is 5.39. The molecule has 1 amide bonds. The molecule has 1 saturated heterocycles. The summed E-state index contributed by atoms with van der Waals surface area (Å²) in [5.74, 6) is -0.495. The molecular formula is C17H21NO5. The third-order valence-corrected chi connectivity index (χ3v) is 3.80. The molecule has 1 aliphatic rings. The fourth-order valence-corrected chi connectivity index (χ4v) is 2.42.